The van der Waals surface area contributed by atoms with Gasteiger partial charge in [-0.15, -0.1) is 0 Å². The summed E-state index contributed by atoms with van der Waals surface area (Å²) >= 11 is 0. The van der Waals surface area contributed by atoms with Gasteiger partial charge in [0.1, 0.15) is 11.5 Å². The number of nitrogens with zero attached hydrogens (tertiary/aromatic N) is 4. The van der Waals surface area contributed by atoms with Crippen LogP contribution in [0.2, 0.25) is 0 Å². The summed E-state index contributed by atoms with van der Waals surface area (Å²) in [5.74, 6) is 1.22. The van der Waals surface area contributed by atoms with Crippen LogP contribution in [0.25, 0.3) is 133 Å². The Balaban J connectivity index is 0.953. The van der Waals surface area contributed by atoms with E-state index in [-0.39, 0.29) is 78.2 Å². The first-order valence-corrected chi connectivity index (χ1v) is 43.7. The summed E-state index contributed by atoms with van der Waals surface area (Å²) in [4.78, 5) is 4.43. The van der Waals surface area contributed by atoms with Crippen molar-refractivity contribution in [2.24, 2.45) is 0 Å². The van der Waals surface area contributed by atoms with Crippen molar-refractivity contribution in [3.63, 3.8) is 0 Å². The van der Waals surface area contributed by atoms with Crippen molar-refractivity contribution in [1.82, 2.24) is 9.13 Å². The maximum absolute atomic E-state index is 11.9. The Bertz CT molecular complexity index is 8850. The SMILES string of the molecule is [2H]c1cc(-n2c3c([2H])c([2H])c([2H])c([2H])c3c3c([2H])c([2H])c([2H])c([2H])c32)cc2c1B1c3c([2H])cc(-n4c5c([2H])c([2H])c([2H])c([2H])c5c5c([2H])c([2H])c([2H])c([2H])c54)cc3N(c3c(-c4cccc(-c5ccccc5)c4)cc(C(C)(C)C)cc3-c3cccc(-c4ccccc4)c3)c3cc(-c4ccc5c(c4)C(c4ccccc4)(c4ccccc4)c4ccccc4O5)cc(c31)N2c1c(-c2ccccc2)cc(C(C)(C)C)cc1-c1ccccc1. The normalized spacial score (nSPS) is 15.1. The van der Waals surface area contributed by atoms with Crippen LogP contribution in [-0.4, -0.2) is 15.8 Å². The fourth-order valence-electron chi connectivity index (χ4n) is 20.2. The number of ether oxygens (including phenoxy) is 1. The summed E-state index contributed by atoms with van der Waals surface area (Å²) in [6.45, 7) is 11.8. The van der Waals surface area contributed by atoms with Gasteiger partial charge in [-0.2, -0.15) is 0 Å². The maximum Gasteiger partial charge on any atom is 0.252 e. The second-order valence-electron chi connectivity index (χ2n) is 35.7. The predicted molar refractivity (Wildman–Crippen MR) is 543 cm³/mol. The first kappa shape index (κ1) is 60.0. The summed E-state index contributed by atoms with van der Waals surface area (Å²) in [7, 11) is 0. The number of anilines is 6. The van der Waals surface area contributed by atoms with Crippen molar-refractivity contribution >= 4 is 101 Å². The molecule has 0 spiro atoms. The van der Waals surface area contributed by atoms with Crippen LogP contribution in [-0.2, 0) is 16.2 Å². The van der Waals surface area contributed by atoms with E-state index < -0.39 is 120 Å². The first-order chi connectivity index (χ1) is 70.7. The predicted octanol–water partition coefficient (Wildman–Crippen LogP) is 30.7. The number of hydrogen-bond donors (Lipinski definition) is 0. The molecule has 129 heavy (non-hydrogen) atoms. The molecule has 0 N–H and O–H groups in total. The van der Waals surface area contributed by atoms with Gasteiger partial charge in [0.15, 0.2) is 0 Å². The highest BCUT2D eigenvalue weighted by atomic mass is 16.5. The van der Waals surface area contributed by atoms with Crippen LogP contribution >= 0.6 is 0 Å². The molecule has 0 aliphatic carbocycles. The third-order valence-electron chi connectivity index (χ3n) is 26.2. The molecule has 21 aromatic rings. The van der Waals surface area contributed by atoms with E-state index in [2.05, 4.69) is 252 Å². The average molecular weight is 1670 g/mol. The Morgan fingerprint density at radius 1 is 0.271 bits per heavy atom. The second-order valence-corrected chi connectivity index (χ2v) is 35.7. The van der Waals surface area contributed by atoms with Crippen molar-refractivity contribution in [3.05, 3.63) is 476 Å². The van der Waals surface area contributed by atoms with E-state index in [9.17, 15) is 24.7 Å². The first-order valence-electron chi connectivity index (χ1n) is 52.7. The van der Waals surface area contributed by atoms with Gasteiger partial charge in [0.2, 0.25) is 0 Å². The molecule has 3 aliphatic heterocycles. The van der Waals surface area contributed by atoms with E-state index in [0.717, 1.165) is 89.0 Å². The highest BCUT2D eigenvalue weighted by Gasteiger charge is 2.49. The average Bonchev–Trinajstić information content (AvgIpc) is 1.62. The summed E-state index contributed by atoms with van der Waals surface area (Å²) in [5, 5.41) is -0.730. The largest absolute Gasteiger partial charge is 0.457 e. The van der Waals surface area contributed by atoms with E-state index in [1.807, 2.05) is 121 Å². The van der Waals surface area contributed by atoms with Crippen molar-refractivity contribution < 1.29 is 29.4 Å². The molecule has 0 saturated carbocycles. The highest BCUT2D eigenvalue weighted by molar-refractivity contribution is 7.00. The fraction of sp³-hybridized carbons (Fsp3) is 0.0732. The topological polar surface area (TPSA) is 25.6 Å². The van der Waals surface area contributed by atoms with Gasteiger partial charge in [0, 0.05) is 89.0 Å². The molecule has 612 valence electrons. The number of hydrogen-bond acceptors (Lipinski definition) is 3. The Labute approximate surface area is 779 Å². The zero-order valence-corrected chi connectivity index (χ0v) is 71.5. The number of para-hydroxylation sites is 5. The molecule has 6 heteroatoms. The maximum atomic E-state index is 11.9. The third kappa shape index (κ3) is 12.5. The Morgan fingerprint density at radius 3 is 1.02 bits per heavy atom. The number of benzene rings is 19. The van der Waals surface area contributed by atoms with Crippen LogP contribution < -0.4 is 30.9 Å². The zero-order valence-electron chi connectivity index (χ0n) is 89.5. The molecular weight excluding hydrogens is 1560 g/mol. The standard InChI is InChI=1S/C123H91BN4O/c1-121(2,3)92-74-100(82-41-17-9-18-42-82)119(101(75-92)83-43-19-10-20-44-83)127-112-78-94(125-108-58-30-25-53-96(108)97-54-26-31-59-109(97)125)64-66-106(112)124-107-67-65-95(126-110-60-32-27-55-98(110)99-56-28-33-61-111(99)126)79-113(107)128(120-102(87-47-35-45-84(69-87)80-37-13-7-14-38-80)76-93(122(4,5)6)77-103(120)88-48-36-46-85(70-88)81-39-15-8-16-40-81)115-73-89(72-114(127)118(115)124)86-63-68-117-105(71-86)123(90-49-21-11-22-50-90,91-51-23-12-24-52-91)104-57-29-34-62-116(104)129-117/h7-79H,1-6H3/i25D,26D,27D,28D,30D,31D,32D,33D,53D,54D,55D,56D,58D,59D,60D,61D,66D,67D. The molecule has 3 aliphatic rings. The molecule has 5 nitrogen and oxygen atoms in total. The van der Waals surface area contributed by atoms with Gasteiger partial charge in [0.05, 0.1) is 63.5 Å². The lowest BCUT2D eigenvalue weighted by Crippen LogP contribution is -2.61. The van der Waals surface area contributed by atoms with Gasteiger partial charge in [-0.25, -0.2) is 0 Å². The molecule has 0 unspecified atom stereocenters. The van der Waals surface area contributed by atoms with Crippen LogP contribution in [0, 0.1) is 0 Å². The molecule has 0 bridgehead atoms. The minimum Gasteiger partial charge on any atom is -0.457 e. The third-order valence-corrected chi connectivity index (χ3v) is 26.2. The van der Waals surface area contributed by atoms with E-state index >= 15 is 0 Å². The lowest BCUT2D eigenvalue weighted by Gasteiger charge is -2.46. The Kier molecular flexibility index (Phi) is 14.1. The quantitative estimate of drug-likeness (QED) is 0.108. The highest BCUT2D eigenvalue weighted by Crippen LogP contribution is 2.60. The molecular formula is C123H91BN4O. The second kappa shape index (κ2) is 30.3. The van der Waals surface area contributed by atoms with E-state index in [4.69, 9.17) is 4.74 Å². The Morgan fingerprint density at radius 2 is 0.612 bits per heavy atom. The summed E-state index contributed by atoms with van der Waals surface area (Å²) in [6, 6.07) is 103. The van der Waals surface area contributed by atoms with Gasteiger partial charge >= 0.3 is 0 Å². The fourth-order valence-corrected chi connectivity index (χ4v) is 20.2. The summed E-state index contributed by atoms with van der Waals surface area (Å²) in [6.07, 6.45) is 0. The van der Waals surface area contributed by atoms with Crippen LogP contribution in [0.15, 0.2) is 442 Å². The molecule has 0 amide bonds. The van der Waals surface area contributed by atoms with Crippen LogP contribution in [0.1, 0.15) is 99.6 Å². The molecule has 2 aromatic heterocycles. The van der Waals surface area contributed by atoms with E-state index in [1.54, 1.807) is 12.1 Å². The number of aromatic nitrogens is 2. The van der Waals surface area contributed by atoms with Crippen molar-refractivity contribution in [1.29, 1.82) is 0 Å². The lowest BCUT2D eigenvalue weighted by molar-refractivity contribution is 0.434. The number of fused-ring (bicyclic) bond motifs is 12. The zero-order chi connectivity index (χ0) is 102. The van der Waals surface area contributed by atoms with Crippen LogP contribution in [0.3, 0.4) is 0 Å². The Hall–Kier alpha value is -15.8. The van der Waals surface area contributed by atoms with Gasteiger partial charge in [-0.1, -0.05) is 369 Å². The molecule has 5 heterocycles. The van der Waals surface area contributed by atoms with Gasteiger partial charge in [-0.05, 0) is 220 Å². The molecule has 0 radical (unpaired) electrons. The summed E-state index contributed by atoms with van der Waals surface area (Å²) in [5.41, 5.74) is 17.3. The van der Waals surface area contributed by atoms with Gasteiger partial charge in [-0.3, -0.25) is 0 Å². The van der Waals surface area contributed by atoms with Crippen molar-refractivity contribution in [2.45, 2.75) is 57.8 Å². The van der Waals surface area contributed by atoms with Crippen molar-refractivity contribution in [3.8, 4) is 101 Å². The molecule has 0 fully saturated rings. The lowest BCUT2D eigenvalue weighted by atomic mass is 9.33. The molecule has 19 aromatic carbocycles. The van der Waals surface area contributed by atoms with Crippen LogP contribution in [0.4, 0.5) is 34.1 Å². The molecule has 24 rings (SSSR count). The van der Waals surface area contributed by atoms with Crippen LogP contribution in [0.5, 0.6) is 11.5 Å². The van der Waals surface area contributed by atoms with Gasteiger partial charge in [0.25, 0.3) is 6.71 Å². The van der Waals surface area contributed by atoms with Crippen molar-refractivity contribution in [2.75, 3.05) is 9.80 Å². The smallest absolute Gasteiger partial charge is 0.252 e. The minimum absolute atomic E-state index is 0.0527. The molecule has 0 atom stereocenters. The van der Waals surface area contributed by atoms with E-state index in [0.29, 0.717) is 73.1 Å². The minimum atomic E-state index is -1.29. The van der Waals surface area contributed by atoms with Gasteiger partial charge < -0.3 is 23.7 Å². The number of rotatable bonds is 13. The molecule has 0 saturated heterocycles. The monoisotopic (exact) mass is 1670 g/mol. The van der Waals surface area contributed by atoms with E-state index in [1.165, 1.54) is 9.13 Å². The summed E-state index contributed by atoms with van der Waals surface area (Å²) < 4.78 is 190.